The van der Waals surface area contributed by atoms with Gasteiger partial charge in [-0.2, -0.15) is 0 Å². The fraction of sp³-hybridized carbons (Fsp3) is 0.500. The van der Waals surface area contributed by atoms with Gasteiger partial charge in [0.1, 0.15) is 0 Å². The van der Waals surface area contributed by atoms with Crippen LogP contribution in [0.25, 0.3) is 0 Å². The molecule has 1 heterocycles. The van der Waals surface area contributed by atoms with Gasteiger partial charge < -0.3 is 14.7 Å². The number of methoxy groups -OCH3 is 1. The molecule has 1 aliphatic heterocycles. The molecule has 5 nitrogen and oxygen atoms in total. The summed E-state index contributed by atoms with van der Waals surface area (Å²) >= 11 is 0. The minimum absolute atomic E-state index is 0.0785. The van der Waals surface area contributed by atoms with Crippen molar-refractivity contribution in [1.29, 1.82) is 0 Å². The van der Waals surface area contributed by atoms with Crippen molar-refractivity contribution in [3.05, 3.63) is 29.6 Å². The van der Waals surface area contributed by atoms with Crippen molar-refractivity contribution in [3.63, 3.8) is 0 Å². The van der Waals surface area contributed by atoms with Gasteiger partial charge >= 0.3 is 0 Å². The largest absolute Gasteiger partial charge is 0.494 e. The summed E-state index contributed by atoms with van der Waals surface area (Å²) in [6.45, 7) is 3.46. The number of nitrogens with zero attached hydrogens (tertiary/aromatic N) is 2. The maximum Gasteiger partial charge on any atom is 0.254 e. The first-order chi connectivity index (χ1) is 9.65. The third-order valence-electron chi connectivity index (χ3n) is 3.47. The molecule has 2 rings (SSSR count). The molecule has 0 radical (unpaired) electrons. The Kier molecular flexibility index (Phi) is 4.92. The van der Waals surface area contributed by atoms with Gasteiger partial charge in [-0.15, -0.1) is 0 Å². The first-order valence-electron chi connectivity index (χ1n) is 6.61. The van der Waals surface area contributed by atoms with E-state index in [0.717, 1.165) is 13.1 Å². The van der Waals surface area contributed by atoms with E-state index in [1.807, 2.05) is 0 Å². The fourth-order valence-corrected chi connectivity index (χ4v) is 2.29. The Hall–Kier alpha value is -1.66. The SMILES string of the molecule is COc1cc(C(=O)N2CCN(CCO)CC2)ccc1F. The van der Waals surface area contributed by atoms with Gasteiger partial charge in [0.15, 0.2) is 11.6 Å². The summed E-state index contributed by atoms with van der Waals surface area (Å²) in [6.07, 6.45) is 0. The van der Waals surface area contributed by atoms with Crippen LogP contribution < -0.4 is 4.74 Å². The van der Waals surface area contributed by atoms with Crippen LogP contribution >= 0.6 is 0 Å². The summed E-state index contributed by atoms with van der Waals surface area (Å²) in [5, 5.41) is 8.88. The van der Waals surface area contributed by atoms with E-state index < -0.39 is 5.82 Å². The molecule has 0 atom stereocenters. The quantitative estimate of drug-likeness (QED) is 0.878. The molecule has 0 spiro atoms. The lowest BCUT2D eigenvalue weighted by atomic mass is 10.1. The molecule has 0 bridgehead atoms. The summed E-state index contributed by atoms with van der Waals surface area (Å²) < 4.78 is 18.2. The summed E-state index contributed by atoms with van der Waals surface area (Å²) in [4.78, 5) is 16.2. The summed E-state index contributed by atoms with van der Waals surface area (Å²) in [5.74, 6) is -0.515. The van der Waals surface area contributed by atoms with Gasteiger partial charge in [0.2, 0.25) is 0 Å². The number of aliphatic hydroxyl groups excluding tert-OH is 1. The Bertz CT molecular complexity index is 473. The third kappa shape index (κ3) is 3.26. The van der Waals surface area contributed by atoms with Crippen LogP contribution in [0.3, 0.4) is 0 Å². The number of carbonyl (C=O) groups excluding carboxylic acids is 1. The lowest BCUT2D eigenvalue weighted by molar-refractivity contribution is 0.0614. The van der Waals surface area contributed by atoms with Crippen LogP contribution in [0, 0.1) is 5.82 Å². The van der Waals surface area contributed by atoms with Crippen molar-refractivity contribution >= 4 is 5.91 Å². The number of hydrogen-bond donors (Lipinski definition) is 1. The van der Waals surface area contributed by atoms with Crippen LogP contribution in [0.5, 0.6) is 5.75 Å². The van der Waals surface area contributed by atoms with E-state index in [1.54, 1.807) is 4.90 Å². The molecule has 110 valence electrons. The highest BCUT2D eigenvalue weighted by molar-refractivity contribution is 5.94. The van der Waals surface area contributed by atoms with E-state index in [0.29, 0.717) is 25.2 Å². The number of piperazine rings is 1. The Balaban J connectivity index is 2.02. The summed E-state index contributed by atoms with van der Waals surface area (Å²) in [5.41, 5.74) is 0.429. The lowest BCUT2D eigenvalue weighted by Crippen LogP contribution is -2.49. The average molecular weight is 282 g/mol. The fourth-order valence-electron chi connectivity index (χ4n) is 2.29. The van der Waals surface area contributed by atoms with Crippen LogP contribution in [0.2, 0.25) is 0 Å². The maximum atomic E-state index is 13.3. The Morgan fingerprint density at radius 3 is 2.65 bits per heavy atom. The number of hydrogen-bond acceptors (Lipinski definition) is 4. The molecule has 1 fully saturated rings. The topological polar surface area (TPSA) is 53.0 Å². The molecule has 1 aromatic rings. The maximum absolute atomic E-state index is 13.3. The van der Waals surface area contributed by atoms with Crippen LogP contribution in [0.1, 0.15) is 10.4 Å². The summed E-state index contributed by atoms with van der Waals surface area (Å²) in [6, 6.07) is 4.14. The molecule has 1 saturated heterocycles. The van der Waals surface area contributed by atoms with E-state index >= 15 is 0 Å². The van der Waals surface area contributed by atoms with Gasteiger partial charge in [-0.3, -0.25) is 9.69 Å². The smallest absolute Gasteiger partial charge is 0.254 e. The van der Waals surface area contributed by atoms with Crippen LogP contribution in [-0.2, 0) is 0 Å². The van der Waals surface area contributed by atoms with Crippen molar-refractivity contribution in [2.45, 2.75) is 0 Å². The van der Waals surface area contributed by atoms with Gasteiger partial charge in [-0.25, -0.2) is 4.39 Å². The Morgan fingerprint density at radius 2 is 2.05 bits per heavy atom. The van der Waals surface area contributed by atoms with E-state index in [2.05, 4.69) is 4.90 Å². The molecule has 1 amide bonds. The molecular formula is C14H19FN2O3. The van der Waals surface area contributed by atoms with Crippen LogP contribution in [-0.4, -0.2) is 67.3 Å². The average Bonchev–Trinajstić information content (AvgIpc) is 2.48. The van der Waals surface area contributed by atoms with Gasteiger partial charge in [0.05, 0.1) is 13.7 Å². The zero-order chi connectivity index (χ0) is 14.5. The van der Waals surface area contributed by atoms with Gasteiger partial charge in [-0.1, -0.05) is 0 Å². The van der Waals surface area contributed by atoms with Crippen LogP contribution in [0.4, 0.5) is 4.39 Å². The molecule has 6 heteroatoms. The van der Waals surface area contributed by atoms with Crippen molar-refractivity contribution in [1.82, 2.24) is 9.80 Å². The van der Waals surface area contributed by atoms with Crippen molar-refractivity contribution < 1.29 is 19.0 Å². The second kappa shape index (κ2) is 6.67. The second-order valence-electron chi connectivity index (χ2n) is 4.71. The molecular weight excluding hydrogens is 263 g/mol. The molecule has 0 saturated carbocycles. The third-order valence-corrected chi connectivity index (χ3v) is 3.47. The molecule has 20 heavy (non-hydrogen) atoms. The minimum Gasteiger partial charge on any atom is -0.494 e. The highest BCUT2D eigenvalue weighted by Crippen LogP contribution is 2.19. The standard InChI is InChI=1S/C14H19FN2O3/c1-20-13-10-11(2-3-12(13)15)14(19)17-6-4-16(5-7-17)8-9-18/h2-3,10,18H,4-9H2,1H3. The van der Waals surface area contributed by atoms with E-state index in [1.165, 1.54) is 25.3 Å². The number of rotatable bonds is 4. The first-order valence-corrected chi connectivity index (χ1v) is 6.61. The van der Waals surface area contributed by atoms with E-state index in [-0.39, 0.29) is 18.3 Å². The predicted molar refractivity (Wildman–Crippen MR) is 72.4 cm³/mol. The Morgan fingerprint density at radius 1 is 1.35 bits per heavy atom. The minimum atomic E-state index is -0.475. The molecule has 0 unspecified atom stereocenters. The van der Waals surface area contributed by atoms with Crippen molar-refractivity contribution in [2.24, 2.45) is 0 Å². The zero-order valence-electron chi connectivity index (χ0n) is 11.5. The van der Waals surface area contributed by atoms with E-state index in [4.69, 9.17) is 9.84 Å². The molecule has 0 aliphatic carbocycles. The predicted octanol–water partition coefficient (Wildman–Crippen LogP) is 0.584. The molecule has 0 aromatic heterocycles. The highest BCUT2D eigenvalue weighted by atomic mass is 19.1. The monoisotopic (exact) mass is 282 g/mol. The van der Waals surface area contributed by atoms with Crippen molar-refractivity contribution in [2.75, 3.05) is 46.4 Å². The number of halogens is 1. The van der Waals surface area contributed by atoms with Gasteiger partial charge in [0.25, 0.3) is 5.91 Å². The molecule has 1 N–H and O–H groups in total. The normalized spacial score (nSPS) is 16.2. The Labute approximate surface area is 117 Å². The first kappa shape index (κ1) is 14.7. The number of carbonyl (C=O) groups is 1. The number of amides is 1. The highest BCUT2D eigenvalue weighted by Gasteiger charge is 2.22. The number of benzene rings is 1. The number of β-amino-alcohol motifs (C(OH)–C–C–N with tert-alkyl or cyclic N) is 1. The molecule has 1 aliphatic rings. The van der Waals surface area contributed by atoms with E-state index in [9.17, 15) is 9.18 Å². The number of aliphatic hydroxyl groups is 1. The summed E-state index contributed by atoms with van der Waals surface area (Å²) in [7, 11) is 1.38. The van der Waals surface area contributed by atoms with Gasteiger partial charge in [-0.05, 0) is 18.2 Å². The van der Waals surface area contributed by atoms with Gasteiger partial charge in [0, 0.05) is 38.3 Å². The second-order valence-corrected chi connectivity index (χ2v) is 4.71. The zero-order valence-corrected chi connectivity index (χ0v) is 11.5. The lowest BCUT2D eigenvalue weighted by Gasteiger charge is -2.34. The van der Waals surface area contributed by atoms with Crippen molar-refractivity contribution in [3.8, 4) is 5.75 Å². The molecule has 1 aromatic carbocycles. The number of ether oxygens (including phenoxy) is 1. The van der Waals surface area contributed by atoms with Crippen LogP contribution in [0.15, 0.2) is 18.2 Å².